The van der Waals surface area contributed by atoms with Gasteiger partial charge in [-0.25, -0.2) is 0 Å². The molecule has 0 radical (unpaired) electrons. The van der Waals surface area contributed by atoms with Gasteiger partial charge in [-0.1, -0.05) is 24.3 Å². The fraction of sp³-hybridized carbons (Fsp3) is 0.273. The summed E-state index contributed by atoms with van der Waals surface area (Å²) in [6, 6.07) is 11.4. The van der Waals surface area contributed by atoms with Crippen molar-refractivity contribution in [2.45, 2.75) is 6.18 Å². The van der Waals surface area contributed by atoms with Gasteiger partial charge in [-0.15, -0.1) is 0 Å². The summed E-state index contributed by atoms with van der Waals surface area (Å²) in [5.74, 6) is -1.67. The number of rotatable bonds is 5. The summed E-state index contributed by atoms with van der Waals surface area (Å²) in [5.41, 5.74) is -0.442. The van der Waals surface area contributed by atoms with Crippen molar-refractivity contribution in [3.8, 4) is 5.75 Å². The molecule has 1 aliphatic heterocycles. The minimum atomic E-state index is -4.62. The highest BCUT2D eigenvalue weighted by atomic mass is 19.4. The molecule has 1 N–H and O–H groups in total. The molecular formula is C22H19F3N2O5. The highest BCUT2D eigenvalue weighted by Crippen LogP contribution is 2.36. The molecule has 0 atom stereocenters. The monoisotopic (exact) mass is 448 g/mol. The van der Waals surface area contributed by atoms with Gasteiger partial charge in [-0.3, -0.25) is 9.59 Å². The van der Waals surface area contributed by atoms with Crippen LogP contribution in [0.2, 0.25) is 0 Å². The molecule has 10 heteroatoms. The Morgan fingerprint density at radius 2 is 1.72 bits per heavy atom. The first kappa shape index (κ1) is 21.7. The second kappa shape index (κ2) is 8.91. The number of carbonyl (C=O) groups excluding carboxylic acids is 2. The van der Waals surface area contributed by atoms with Crippen molar-refractivity contribution in [2.24, 2.45) is 0 Å². The van der Waals surface area contributed by atoms with Gasteiger partial charge in [0, 0.05) is 18.5 Å². The van der Waals surface area contributed by atoms with Gasteiger partial charge in [0.1, 0.15) is 17.0 Å². The molecule has 0 saturated carbocycles. The lowest BCUT2D eigenvalue weighted by Crippen LogP contribution is -2.40. The smallest absolute Gasteiger partial charge is 0.419 e. The predicted molar refractivity (Wildman–Crippen MR) is 109 cm³/mol. The number of nitrogens with one attached hydrogen (secondary N) is 1. The average Bonchev–Trinajstić information content (AvgIpc) is 3.15. The number of carbonyl (C=O) groups is 2. The molecule has 0 aliphatic carbocycles. The number of halogens is 3. The van der Waals surface area contributed by atoms with Crippen molar-refractivity contribution < 1.29 is 36.7 Å². The molecule has 4 rings (SSSR count). The highest BCUT2D eigenvalue weighted by Gasteiger charge is 2.34. The van der Waals surface area contributed by atoms with E-state index in [2.05, 4.69) is 5.32 Å². The van der Waals surface area contributed by atoms with E-state index in [4.69, 9.17) is 13.9 Å². The molecule has 3 aromatic rings. The summed E-state index contributed by atoms with van der Waals surface area (Å²) < 4.78 is 55.5. The van der Waals surface area contributed by atoms with Gasteiger partial charge in [0.05, 0.1) is 18.8 Å². The molecule has 2 heterocycles. The SMILES string of the molecule is O=C(COc1ccccc1C(F)(F)F)Nc1c(C(=O)N2CCOCC2)oc2ccccc12. The lowest BCUT2D eigenvalue weighted by molar-refractivity contribution is -0.139. The van der Waals surface area contributed by atoms with Crippen LogP contribution in [0.4, 0.5) is 18.9 Å². The Hall–Kier alpha value is -3.53. The number of anilines is 1. The molecule has 0 unspecified atom stereocenters. The summed E-state index contributed by atoms with van der Waals surface area (Å²) in [5, 5.41) is 3.06. The maximum absolute atomic E-state index is 13.1. The number of para-hydroxylation sites is 2. The van der Waals surface area contributed by atoms with Crippen molar-refractivity contribution in [1.82, 2.24) is 4.90 Å². The fourth-order valence-electron chi connectivity index (χ4n) is 3.38. The number of morpholine rings is 1. The molecule has 2 aromatic carbocycles. The van der Waals surface area contributed by atoms with Crippen molar-refractivity contribution in [3.05, 3.63) is 59.9 Å². The minimum Gasteiger partial charge on any atom is -0.483 e. The zero-order valence-corrected chi connectivity index (χ0v) is 16.8. The standard InChI is InChI=1S/C22H19F3N2O5/c23-22(24,25)15-6-2-4-8-17(15)31-13-18(28)26-19-14-5-1-3-7-16(14)32-20(19)21(29)27-9-11-30-12-10-27/h1-8H,9-13H2,(H,26,28). The van der Waals surface area contributed by atoms with E-state index in [1.165, 1.54) is 12.1 Å². The fourth-order valence-corrected chi connectivity index (χ4v) is 3.38. The Bertz CT molecular complexity index is 1140. The molecule has 1 saturated heterocycles. The van der Waals surface area contributed by atoms with E-state index in [0.717, 1.165) is 12.1 Å². The highest BCUT2D eigenvalue weighted by molar-refractivity contribution is 6.11. The van der Waals surface area contributed by atoms with Gasteiger partial charge in [0.25, 0.3) is 11.8 Å². The first-order chi connectivity index (χ1) is 15.3. The molecule has 2 amide bonds. The van der Waals surface area contributed by atoms with Gasteiger partial charge < -0.3 is 24.1 Å². The van der Waals surface area contributed by atoms with E-state index in [9.17, 15) is 22.8 Å². The summed E-state index contributed by atoms with van der Waals surface area (Å²) >= 11 is 0. The van der Waals surface area contributed by atoms with Crippen LogP contribution in [0.25, 0.3) is 11.0 Å². The van der Waals surface area contributed by atoms with Crippen molar-refractivity contribution in [2.75, 3.05) is 38.2 Å². The van der Waals surface area contributed by atoms with E-state index >= 15 is 0 Å². The number of hydrogen-bond acceptors (Lipinski definition) is 5. The predicted octanol–water partition coefficient (Wildman–Crippen LogP) is 3.94. The molecule has 7 nitrogen and oxygen atoms in total. The number of furan rings is 1. The van der Waals surface area contributed by atoms with Crippen LogP contribution >= 0.6 is 0 Å². The number of fused-ring (bicyclic) bond motifs is 1. The Morgan fingerprint density at radius 3 is 2.47 bits per heavy atom. The molecular weight excluding hydrogens is 429 g/mol. The zero-order chi connectivity index (χ0) is 22.7. The third kappa shape index (κ3) is 4.54. The Kier molecular flexibility index (Phi) is 6.04. The van der Waals surface area contributed by atoms with E-state index in [-0.39, 0.29) is 11.4 Å². The minimum absolute atomic E-state index is 0.0582. The van der Waals surface area contributed by atoms with Crippen LogP contribution in [-0.2, 0) is 15.7 Å². The second-order valence-electron chi connectivity index (χ2n) is 7.04. The summed E-state index contributed by atoms with van der Waals surface area (Å²) in [7, 11) is 0. The molecule has 0 spiro atoms. The maximum Gasteiger partial charge on any atom is 0.419 e. The van der Waals surface area contributed by atoms with Crippen LogP contribution in [-0.4, -0.2) is 49.6 Å². The van der Waals surface area contributed by atoms with E-state index < -0.39 is 35.9 Å². The van der Waals surface area contributed by atoms with Crippen LogP contribution in [0.1, 0.15) is 16.1 Å². The second-order valence-corrected chi connectivity index (χ2v) is 7.04. The number of hydrogen-bond donors (Lipinski definition) is 1. The third-order valence-electron chi connectivity index (χ3n) is 4.90. The Labute approximate surface area is 180 Å². The zero-order valence-electron chi connectivity index (χ0n) is 16.8. The van der Waals surface area contributed by atoms with Gasteiger partial charge in [0.15, 0.2) is 6.61 Å². The first-order valence-corrected chi connectivity index (χ1v) is 9.82. The first-order valence-electron chi connectivity index (χ1n) is 9.82. The van der Waals surface area contributed by atoms with Crippen molar-refractivity contribution >= 4 is 28.5 Å². The Balaban J connectivity index is 1.55. The summed E-state index contributed by atoms with van der Waals surface area (Å²) in [6.07, 6.45) is -4.62. The van der Waals surface area contributed by atoms with Crippen LogP contribution in [0, 0.1) is 0 Å². The van der Waals surface area contributed by atoms with E-state index in [0.29, 0.717) is 37.3 Å². The van der Waals surface area contributed by atoms with Crippen LogP contribution in [0.15, 0.2) is 52.9 Å². The maximum atomic E-state index is 13.1. The van der Waals surface area contributed by atoms with Crippen LogP contribution in [0.5, 0.6) is 5.75 Å². The Morgan fingerprint density at radius 1 is 1.03 bits per heavy atom. The average molecular weight is 448 g/mol. The lowest BCUT2D eigenvalue weighted by Gasteiger charge is -2.26. The molecule has 32 heavy (non-hydrogen) atoms. The number of alkyl halides is 3. The number of amides is 2. The molecule has 168 valence electrons. The number of ether oxygens (including phenoxy) is 2. The molecule has 1 aromatic heterocycles. The number of nitrogens with zero attached hydrogens (tertiary/aromatic N) is 1. The van der Waals surface area contributed by atoms with E-state index in [1.54, 1.807) is 29.2 Å². The molecule has 0 bridgehead atoms. The van der Waals surface area contributed by atoms with Gasteiger partial charge in [0.2, 0.25) is 5.76 Å². The summed E-state index contributed by atoms with van der Waals surface area (Å²) in [4.78, 5) is 27.1. The van der Waals surface area contributed by atoms with Crippen molar-refractivity contribution in [1.29, 1.82) is 0 Å². The quantitative estimate of drug-likeness (QED) is 0.640. The van der Waals surface area contributed by atoms with Crippen molar-refractivity contribution in [3.63, 3.8) is 0 Å². The summed E-state index contributed by atoms with van der Waals surface area (Å²) in [6.45, 7) is 0.846. The molecule has 1 fully saturated rings. The van der Waals surface area contributed by atoms with E-state index in [1.807, 2.05) is 0 Å². The largest absolute Gasteiger partial charge is 0.483 e. The normalized spacial score (nSPS) is 14.4. The lowest BCUT2D eigenvalue weighted by atomic mass is 10.2. The van der Waals surface area contributed by atoms with Crippen LogP contribution < -0.4 is 10.1 Å². The topological polar surface area (TPSA) is 81.0 Å². The number of benzene rings is 2. The van der Waals surface area contributed by atoms with Gasteiger partial charge >= 0.3 is 6.18 Å². The van der Waals surface area contributed by atoms with Gasteiger partial charge in [-0.2, -0.15) is 13.2 Å². The van der Waals surface area contributed by atoms with Crippen LogP contribution in [0.3, 0.4) is 0 Å². The van der Waals surface area contributed by atoms with Gasteiger partial charge in [-0.05, 0) is 24.3 Å². The molecule has 1 aliphatic rings. The third-order valence-corrected chi connectivity index (χ3v) is 4.90.